The minimum atomic E-state index is -0.663. The summed E-state index contributed by atoms with van der Waals surface area (Å²) in [5.41, 5.74) is 3.06. The Bertz CT molecular complexity index is 1860. The van der Waals surface area contributed by atoms with Gasteiger partial charge in [0.25, 0.3) is 5.56 Å². The molecular weight excluding hydrogens is 611 g/mol. The molecule has 0 saturated heterocycles. The summed E-state index contributed by atoms with van der Waals surface area (Å²) in [6, 6.07) is 19.9. The van der Waals surface area contributed by atoms with Crippen LogP contribution in [0.2, 0.25) is 10.0 Å². The number of thioether (sulfide) groups is 1. The third-order valence-electron chi connectivity index (χ3n) is 6.58. The molecular formula is C32H28Cl2N2O4S2. The molecule has 5 rings (SSSR count). The van der Waals surface area contributed by atoms with Crippen LogP contribution >= 0.6 is 46.3 Å². The Kier molecular flexibility index (Phi) is 9.28. The molecule has 0 fully saturated rings. The van der Waals surface area contributed by atoms with Gasteiger partial charge >= 0.3 is 5.97 Å². The zero-order chi connectivity index (χ0) is 30.0. The van der Waals surface area contributed by atoms with Gasteiger partial charge in [-0.15, -0.1) is 11.8 Å². The van der Waals surface area contributed by atoms with Crippen LogP contribution in [0.4, 0.5) is 0 Å². The number of carbonyl (C=O) groups excluding carboxylic acids is 1. The van der Waals surface area contributed by atoms with Gasteiger partial charge in [0.15, 0.2) is 4.80 Å². The maximum absolute atomic E-state index is 13.9. The summed E-state index contributed by atoms with van der Waals surface area (Å²) >= 11 is 15.2. The van der Waals surface area contributed by atoms with Crippen molar-refractivity contribution in [3.8, 4) is 5.75 Å². The predicted octanol–water partition coefficient (Wildman–Crippen LogP) is 6.79. The van der Waals surface area contributed by atoms with E-state index in [1.165, 1.54) is 11.3 Å². The lowest BCUT2D eigenvalue weighted by atomic mass is 9.96. The Hall–Kier alpha value is -3.30. The molecule has 216 valence electrons. The summed E-state index contributed by atoms with van der Waals surface area (Å²) in [5.74, 6) is 0.147. The number of aromatic nitrogens is 1. The Morgan fingerprint density at radius 3 is 2.57 bits per heavy atom. The number of esters is 1. The number of benzene rings is 3. The molecule has 0 N–H and O–H groups in total. The average molecular weight is 640 g/mol. The number of allylic oxidation sites excluding steroid dienone is 1. The van der Waals surface area contributed by atoms with Crippen LogP contribution in [0.3, 0.4) is 0 Å². The molecule has 0 saturated carbocycles. The van der Waals surface area contributed by atoms with Crippen LogP contribution in [0.15, 0.2) is 92.7 Å². The smallest absolute Gasteiger partial charge is 0.338 e. The number of rotatable bonds is 8. The largest absolute Gasteiger partial charge is 0.489 e. The summed E-state index contributed by atoms with van der Waals surface area (Å²) in [5, 5.41) is 1.09. The normalized spacial score (nSPS) is 15.0. The van der Waals surface area contributed by atoms with Crippen molar-refractivity contribution >= 4 is 58.3 Å². The highest BCUT2D eigenvalue weighted by atomic mass is 35.5. The maximum Gasteiger partial charge on any atom is 0.338 e. The van der Waals surface area contributed by atoms with Crippen molar-refractivity contribution in [2.75, 3.05) is 6.26 Å². The zero-order valence-electron chi connectivity index (χ0n) is 23.4. The number of thiazole rings is 1. The lowest BCUT2D eigenvalue weighted by Crippen LogP contribution is -2.40. The molecule has 42 heavy (non-hydrogen) atoms. The van der Waals surface area contributed by atoms with E-state index in [4.69, 9.17) is 32.7 Å². The first-order valence-electron chi connectivity index (χ1n) is 13.2. The van der Waals surface area contributed by atoms with E-state index >= 15 is 0 Å². The minimum Gasteiger partial charge on any atom is -0.489 e. The monoisotopic (exact) mass is 638 g/mol. The highest BCUT2D eigenvalue weighted by molar-refractivity contribution is 7.98. The number of fused-ring (bicyclic) bond motifs is 1. The molecule has 1 aliphatic rings. The molecule has 2 heterocycles. The fourth-order valence-corrected chi connectivity index (χ4v) is 6.53. The van der Waals surface area contributed by atoms with Crippen molar-refractivity contribution < 1.29 is 14.3 Å². The van der Waals surface area contributed by atoms with Crippen molar-refractivity contribution in [1.29, 1.82) is 0 Å². The van der Waals surface area contributed by atoms with E-state index in [2.05, 4.69) is 4.99 Å². The Morgan fingerprint density at radius 2 is 1.88 bits per heavy atom. The molecule has 1 aromatic heterocycles. The number of ether oxygens (including phenoxy) is 2. The van der Waals surface area contributed by atoms with Gasteiger partial charge in [0, 0.05) is 20.5 Å². The summed E-state index contributed by atoms with van der Waals surface area (Å²) in [7, 11) is 0. The molecule has 0 amide bonds. The molecule has 0 unspecified atom stereocenters. The number of halogens is 2. The van der Waals surface area contributed by atoms with E-state index in [0.717, 1.165) is 21.6 Å². The SMILES string of the molecule is CSc1ccc([C@H]2C(C(=O)OC(C)C)=C(C)N=c3s/c(=C\c4cccc(OCc5ccc(Cl)cc5Cl)c4)c(=O)n32)cc1. The lowest BCUT2D eigenvalue weighted by molar-refractivity contribution is -0.143. The molecule has 0 aliphatic carbocycles. The molecule has 1 aliphatic heterocycles. The molecule has 6 nitrogen and oxygen atoms in total. The third kappa shape index (κ3) is 6.52. The van der Waals surface area contributed by atoms with Crippen LogP contribution in [-0.2, 0) is 16.1 Å². The first-order chi connectivity index (χ1) is 20.1. The second-order valence-electron chi connectivity index (χ2n) is 9.91. The molecule has 0 radical (unpaired) electrons. The maximum atomic E-state index is 13.9. The summed E-state index contributed by atoms with van der Waals surface area (Å²) < 4.78 is 13.6. The Labute approximate surface area is 261 Å². The van der Waals surface area contributed by atoms with Crippen LogP contribution in [0, 0.1) is 0 Å². The van der Waals surface area contributed by atoms with Crippen LogP contribution in [-0.4, -0.2) is 22.9 Å². The van der Waals surface area contributed by atoms with Crippen molar-refractivity contribution in [1.82, 2.24) is 4.57 Å². The molecule has 3 aromatic carbocycles. The van der Waals surface area contributed by atoms with Crippen LogP contribution < -0.4 is 19.6 Å². The molecule has 10 heteroatoms. The van der Waals surface area contributed by atoms with Crippen LogP contribution in [0.25, 0.3) is 6.08 Å². The van der Waals surface area contributed by atoms with Crippen LogP contribution in [0.1, 0.15) is 43.5 Å². The second-order valence-corrected chi connectivity index (χ2v) is 12.6. The number of nitrogens with zero attached hydrogens (tertiary/aromatic N) is 2. The van der Waals surface area contributed by atoms with E-state index in [1.54, 1.807) is 49.2 Å². The third-order valence-corrected chi connectivity index (χ3v) is 8.89. The van der Waals surface area contributed by atoms with Gasteiger partial charge in [-0.3, -0.25) is 9.36 Å². The van der Waals surface area contributed by atoms with Gasteiger partial charge in [0.2, 0.25) is 0 Å². The van der Waals surface area contributed by atoms with E-state index < -0.39 is 12.0 Å². The van der Waals surface area contributed by atoms with Gasteiger partial charge in [-0.25, -0.2) is 9.79 Å². The molecule has 4 aromatic rings. The zero-order valence-corrected chi connectivity index (χ0v) is 26.5. The fourth-order valence-electron chi connectivity index (χ4n) is 4.61. The number of carbonyl (C=O) groups is 1. The van der Waals surface area contributed by atoms with Crippen LogP contribution in [0.5, 0.6) is 5.75 Å². The predicted molar refractivity (Wildman–Crippen MR) is 170 cm³/mol. The average Bonchev–Trinajstić information content (AvgIpc) is 3.25. The van der Waals surface area contributed by atoms with Gasteiger partial charge in [-0.05, 0) is 80.6 Å². The molecule has 1 atom stereocenters. The van der Waals surface area contributed by atoms with Gasteiger partial charge in [-0.1, -0.05) is 64.9 Å². The molecule has 0 bridgehead atoms. The first kappa shape index (κ1) is 30.2. The van der Waals surface area contributed by atoms with Crippen molar-refractivity contribution in [3.63, 3.8) is 0 Å². The summed E-state index contributed by atoms with van der Waals surface area (Å²) in [4.78, 5) is 33.5. The lowest BCUT2D eigenvalue weighted by Gasteiger charge is -2.25. The molecule has 0 spiro atoms. The highest BCUT2D eigenvalue weighted by Crippen LogP contribution is 2.32. The first-order valence-corrected chi connectivity index (χ1v) is 16.0. The van der Waals surface area contributed by atoms with E-state index in [9.17, 15) is 9.59 Å². The fraction of sp³-hybridized carbons (Fsp3) is 0.219. The number of hydrogen-bond acceptors (Lipinski definition) is 7. The van der Waals surface area contributed by atoms with Crippen molar-refractivity contribution in [3.05, 3.63) is 124 Å². The van der Waals surface area contributed by atoms with Gasteiger partial charge in [0.05, 0.1) is 27.9 Å². The number of hydrogen-bond donors (Lipinski definition) is 0. The summed E-state index contributed by atoms with van der Waals surface area (Å²) in [6.45, 7) is 5.65. The van der Waals surface area contributed by atoms with E-state index in [1.807, 2.05) is 66.9 Å². The topological polar surface area (TPSA) is 69.9 Å². The Balaban J connectivity index is 1.53. The van der Waals surface area contributed by atoms with E-state index in [-0.39, 0.29) is 18.3 Å². The van der Waals surface area contributed by atoms with Gasteiger partial charge < -0.3 is 9.47 Å². The second kappa shape index (κ2) is 12.9. The van der Waals surface area contributed by atoms with Crippen molar-refractivity contribution in [2.24, 2.45) is 4.99 Å². The highest BCUT2D eigenvalue weighted by Gasteiger charge is 2.33. The Morgan fingerprint density at radius 1 is 1.12 bits per heavy atom. The standard InChI is InChI=1S/C32H28Cl2N2O4S2/c1-18(2)40-31(38)28-19(3)35-32-36(29(28)21-9-12-25(41-4)13-10-21)30(37)27(42-32)15-20-6-5-7-24(14-20)39-17-22-8-11-23(33)16-26(22)34/h5-16,18,29H,17H2,1-4H3/b27-15-/t29-/m0/s1. The van der Waals surface area contributed by atoms with E-state index in [0.29, 0.717) is 36.4 Å². The quantitative estimate of drug-likeness (QED) is 0.157. The van der Waals surface area contributed by atoms with Gasteiger partial charge in [-0.2, -0.15) is 0 Å². The summed E-state index contributed by atoms with van der Waals surface area (Å²) in [6.07, 6.45) is 3.50. The minimum absolute atomic E-state index is 0.237. The van der Waals surface area contributed by atoms with Crippen molar-refractivity contribution in [2.45, 2.75) is 44.4 Å². The van der Waals surface area contributed by atoms with Gasteiger partial charge in [0.1, 0.15) is 12.4 Å².